The Hall–Kier alpha value is -10.8. The van der Waals surface area contributed by atoms with E-state index in [9.17, 15) is 0 Å². The fraction of sp³-hybridized carbons (Fsp3) is 0. The van der Waals surface area contributed by atoms with Crippen LogP contribution in [0.1, 0.15) is 0 Å². The molecule has 0 aliphatic heterocycles. The molecule has 376 valence electrons. The van der Waals surface area contributed by atoms with Crippen LogP contribution in [0.15, 0.2) is 303 Å². The van der Waals surface area contributed by atoms with Gasteiger partial charge in [-0.25, -0.2) is 9.97 Å². The number of aromatic nitrogens is 5. The second-order valence-electron chi connectivity index (χ2n) is 20.2. The number of hydrogen-bond acceptors (Lipinski definition) is 3. The molecule has 0 bridgehead atoms. The lowest BCUT2D eigenvalue weighted by molar-refractivity contribution is 1.10. The van der Waals surface area contributed by atoms with E-state index in [1.807, 2.05) is 12.1 Å². The van der Waals surface area contributed by atoms with Crippen molar-refractivity contribution < 1.29 is 0 Å². The Morgan fingerprint density at radius 1 is 0.225 bits per heavy atom. The van der Waals surface area contributed by atoms with Gasteiger partial charge in [0.05, 0.1) is 33.1 Å². The molecule has 0 fully saturated rings. The normalized spacial score (nSPS) is 11.5. The standard InChI is InChI=1S/C74H50N6/c1-4-18-59(19-5-1)77(62-44-39-53(40-45-62)51-31-35-55(36-32-51)73-75-67-27-12-15-30-71(67)79(73)60-20-6-2-7-21-60)64-24-16-17-57(49-64)58-43-48-68-72(50-58)80(61-22-8-3-9-23-61)74(76-68)56-37-33-52(34-38-56)54-41-46-63(47-42-54)78-69-28-13-10-25-65(69)66-26-11-14-29-70(66)78/h1-50H. The van der Waals surface area contributed by atoms with Gasteiger partial charge < -0.3 is 9.47 Å². The molecule has 0 atom stereocenters. The number of imidazole rings is 2. The Labute approximate surface area is 463 Å². The van der Waals surface area contributed by atoms with Crippen molar-refractivity contribution in [3.05, 3.63) is 303 Å². The highest BCUT2D eigenvalue weighted by Crippen LogP contribution is 2.40. The molecule has 6 nitrogen and oxygen atoms in total. The molecule has 3 heterocycles. The lowest BCUT2D eigenvalue weighted by atomic mass is 10.0. The molecule has 0 radical (unpaired) electrons. The topological polar surface area (TPSA) is 43.8 Å². The van der Waals surface area contributed by atoms with E-state index in [1.54, 1.807) is 0 Å². The Balaban J connectivity index is 0.732. The van der Waals surface area contributed by atoms with E-state index in [-0.39, 0.29) is 0 Å². The largest absolute Gasteiger partial charge is 0.310 e. The van der Waals surface area contributed by atoms with Crippen molar-refractivity contribution in [2.75, 3.05) is 4.90 Å². The molecule has 0 unspecified atom stereocenters. The van der Waals surface area contributed by atoms with Crippen molar-refractivity contribution in [2.45, 2.75) is 0 Å². The molecule has 15 aromatic rings. The minimum atomic E-state index is 0.893. The average Bonchev–Trinajstić information content (AvgIpc) is 4.23. The summed E-state index contributed by atoms with van der Waals surface area (Å²) in [5.74, 6) is 1.81. The summed E-state index contributed by atoms with van der Waals surface area (Å²) in [7, 11) is 0. The molecular weight excluding hydrogens is 973 g/mol. The minimum absolute atomic E-state index is 0.893. The average molecular weight is 1020 g/mol. The van der Waals surface area contributed by atoms with Gasteiger partial charge in [-0.2, -0.15) is 0 Å². The maximum absolute atomic E-state index is 5.33. The number of rotatable bonds is 11. The quantitative estimate of drug-likeness (QED) is 0.130. The first-order valence-electron chi connectivity index (χ1n) is 27.1. The molecule has 0 aliphatic carbocycles. The summed E-state index contributed by atoms with van der Waals surface area (Å²) in [6.45, 7) is 0. The Kier molecular flexibility index (Phi) is 11.4. The van der Waals surface area contributed by atoms with Gasteiger partial charge in [-0.3, -0.25) is 9.13 Å². The van der Waals surface area contributed by atoms with Gasteiger partial charge in [-0.05, 0) is 143 Å². The molecule has 0 spiro atoms. The van der Waals surface area contributed by atoms with E-state index in [1.165, 1.54) is 21.8 Å². The number of para-hydroxylation sites is 7. The summed E-state index contributed by atoms with van der Waals surface area (Å²) < 4.78 is 6.90. The highest BCUT2D eigenvalue weighted by molar-refractivity contribution is 6.09. The summed E-state index contributed by atoms with van der Waals surface area (Å²) >= 11 is 0. The fourth-order valence-electron chi connectivity index (χ4n) is 11.6. The predicted molar refractivity (Wildman–Crippen MR) is 332 cm³/mol. The molecule has 12 aromatic carbocycles. The zero-order chi connectivity index (χ0) is 52.9. The first kappa shape index (κ1) is 46.5. The maximum atomic E-state index is 5.33. The molecule has 0 saturated heterocycles. The monoisotopic (exact) mass is 1020 g/mol. The molecule has 3 aromatic heterocycles. The Bertz CT molecular complexity index is 4660. The molecule has 0 saturated carbocycles. The van der Waals surface area contributed by atoms with Gasteiger partial charge in [0, 0.05) is 56.0 Å². The van der Waals surface area contributed by atoms with Crippen LogP contribution in [0, 0.1) is 0 Å². The molecule has 6 heteroatoms. The zero-order valence-corrected chi connectivity index (χ0v) is 43.6. The third-order valence-corrected chi connectivity index (χ3v) is 15.5. The minimum Gasteiger partial charge on any atom is -0.310 e. The van der Waals surface area contributed by atoms with Gasteiger partial charge in [-0.15, -0.1) is 0 Å². The van der Waals surface area contributed by atoms with Gasteiger partial charge >= 0.3 is 0 Å². The second kappa shape index (κ2) is 19.6. The number of hydrogen-bond donors (Lipinski definition) is 0. The third kappa shape index (κ3) is 8.22. The van der Waals surface area contributed by atoms with Gasteiger partial charge in [-0.1, -0.05) is 194 Å². The highest BCUT2D eigenvalue weighted by Gasteiger charge is 2.20. The van der Waals surface area contributed by atoms with E-state index < -0.39 is 0 Å². The Morgan fingerprint density at radius 2 is 0.613 bits per heavy atom. The van der Waals surface area contributed by atoms with Gasteiger partial charge in [0.15, 0.2) is 0 Å². The number of fused-ring (bicyclic) bond motifs is 5. The van der Waals surface area contributed by atoms with Crippen LogP contribution in [-0.2, 0) is 0 Å². The van der Waals surface area contributed by atoms with Crippen LogP contribution in [-0.4, -0.2) is 23.7 Å². The van der Waals surface area contributed by atoms with Crippen molar-refractivity contribution in [1.82, 2.24) is 23.7 Å². The van der Waals surface area contributed by atoms with E-state index in [0.717, 1.165) is 112 Å². The number of nitrogens with zero attached hydrogens (tertiary/aromatic N) is 6. The second-order valence-corrected chi connectivity index (χ2v) is 20.2. The highest BCUT2D eigenvalue weighted by atomic mass is 15.1. The van der Waals surface area contributed by atoms with Crippen molar-refractivity contribution in [3.63, 3.8) is 0 Å². The molecule has 80 heavy (non-hydrogen) atoms. The van der Waals surface area contributed by atoms with Crippen LogP contribution in [0.2, 0.25) is 0 Å². The van der Waals surface area contributed by atoms with Crippen LogP contribution in [0.4, 0.5) is 17.1 Å². The lowest BCUT2D eigenvalue weighted by Gasteiger charge is -2.26. The van der Waals surface area contributed by atoms with Gasteiger partial charge in [0.1, 0.15) is 11.6 Å². The summed E-state index contributed by atoms with van der Waals surface area (Å²) in [6, 6.07) is 108. The number of benzene rings is 12. The maximum Gasteiger partial charge on any atom is 0.145 e. The summed E-state index contributed by atoms with van der Waals surface area (Å²) in [4.78, 5) is 12.8. The van der Waals surface area contributed by atoms with Crippen molar-refractivity contribution in [1.29, 1.82) is 0 Å². The Morgan fingerprint density at radius 3 is 1.19 bits per heavy atom. The fourth-order valence-corrected chi connectivity index (χ4v) is 11.6. The summed E-state index contributed by atoms with van der Waals surface area (Å²) in [5.41, 5.74) is 21.8. The molecule has 0 N–H and O–H groups in total. The summed E-state index contributed by atoms with van der Waals surface area (Å²) in [6.07, 6.45) is 0. The van der Waals surface area contributed by atoms with Crippen LogP contribution >= 0.6 is 0 Å². The van der Waals surface area contributed by atoms with E-state index in [2.05, 4.69) is 310 Å². The first-order chi connectivity index (χ1) is 39.7. The van der Waals surface area contributed by atoms with E-state index in [0.29, 0.717) is 0 Å². The van der Waals surface area contributed by atoms with Gasteiger partial charge in [0.2, 0.25) is 0 Å². The van der Waals surface area contributed by atoms with Crippen LogP contribution < -0.4 is 4.90 Å². The first-order valence-corrected chi connectivity index (χ1v) is 27.1. The third-order valence-electron chi connectivity index (χ3n) is 15.5. The zero-order valence-electron chi connectivity index (χ0n) is 43.6. The lowest BCUT2D eigenvalue weighted by Crippen LogP contribution is -2.09. The van der Waals surface area contributed by atoms with Crippen LogP contribution in [0.3, 0.4) is 0 Å². The smallest absolute Gasteiger partial charge is 0.145 e. The van der Waals surface area contributed by atoms with Crippen molar-refractivity contribution in [3.8, 4) is 73.2 Å². The van der Waals surface area contributed by atoms with Gasteiger partial charge in [0.25, 0.3) is 0 Å². The number of anilines is 3. The molecule has 15 rings (SSSR count). The van der Waals surface area contributed by atoms with Crippen molar-refractivity contribution >= 4 is 60.9 Å². The van der Waals surface area contributed by atoms with E-state index in [4.69, 9.17) is 9.97 Å². The van der Waals surface area contributed by atoms with Crippen molar-refractivity contribution in [2.24, 2.45) is 0 Å². The molecule has 0 aliphatic rings. The van der Waals surface area contributed by atoms with E-state index >= 15 is 0 Å². The molecular formula is C74H50N6. The van der Waals surface area contributed by atoms with Crippen LogP contribution in [0.25, 0.3) is 117 Å². The van der Waals surface area contributed by atoms with Crippen LogP contribution in [0.5, 0.6) is 0 Å². The summed E-state index contributed by atoms with van der Waals surface area (Å²) in [5, 5.41) is 2.52. The SMILES string of the molecule is c1ccc(N(c2ccc(-c3ccc(-c4nc5ccccc5n4-c4ccccc4)cc3)cc2)c2cccc(-c3ccc4nc(-c5ccc(-c6ccc(-n7c8ccccc8c8ccccc87)cc6)cc5)n(-c5ccccc5)c4c3)c2)cc1. The predicted octanol–water partition coefficient (Wildman–Crippen LogP) is 19.3. The molecule has 0 amide bonds.